The zero-order valence-corrected chi connectivity index (χ0v) is 15.2. The van der Waals surface area contributed by atoms with Gasteiger partial charge in [-0.25, -0.2) is 4.98 Å². The third-order valence-corrected chi connectivity index (χ3v) is 5.35. The Kier molecular flexibility index (Phi) is 4.02. The molecule has 4 aromatic rings. The molecule has 0 bridgehead atoms. The van der Waals surface area contributed by atoms with Crippen LogP contribution in [0, 0.1) is 5.92 Å². The first-order chi connectivity index (χ1) is 13.3. The van der Waals surface area contributed by atoms with Crippen LogP contribution in [-0.4, -0.2) is 34.8 Å². The van der Waals surface area contributed by atoms with E-state index in [1.54, 1.807) is 13.3 Å². The molecule has 0 aliphatic heterocycles. The maximum atomic E-state index is 5.95. The molecule has 1 fully saturated rings. The number of methoxy groups -OCH3 is 1. The number of aromatic amines is 1. The number of ether oxygens (including phenoxy) is 2. The lowest BCUT2D eigenvalue weighted by atomic mass is 9.83. The van der Waals surface area contributed by atoms with Crippen LogP contribution in [0.3, 0.4) is 0 Å². The van der Waals surface area contributed by atoms with Crippen LogP contribution in [0.25, 0.3) is 32.9 Å². The van der Waals surface area contributed by atoms with Gasteiger partial charge < -0.3 is 14.5 Å². The van der Waals surface area contributed by atoms with Crippen LogP contribution in [0.4, 0.5) is 0 Å². The molecule has 1 saturated carbocycles. The van der Waals surface area contributed by atoms with Crippen molar-refractivity contribution in [2.75, 3.05) is 13.7 Å². The summed E-state index contributed by atoms with van der Waals surface area (Å²) < 4.78 is 11.1. The average Bonchev–Trinajstić information content (AvgIpc) is 3.05. The van der Waals surface area contributed by atoms with Crippen molar-refractivity contribution in [3.8, 4) is 17.0 Å². The van der Waals surface area contributed by atoms with Gasteiger partial charge in [0.2, 0.25) is 5.88 Å². The normalized spacial score (nSPS) is 19.3. The topological polar surface area (TPSA) is 60.0 Å². The van der Waals surface area contributed by atoms with Crippen LogP contribution in [0.1, 0.15) is 12.8 Å². The first-order valence-electron chi connectivity index (χ1n) is 9.27. The molecule has 1 aromatic carbocycles. The lowest BCUT2D eigenvalue weighted by molar-refractivity contribution is 0.0158. The predicted octanol–water partition coefficient (Wildman–Crippen LogP) is 4.58. The molecule has 3 heterocycles. The second kappa shape index (κ2) is 6.67. The monoisotopic (exact) mass is 359 g/mol. The van der Waals surface area contributed by atoms with E-state index in [2.05, 4.69) is 39.2 Å². The molecule has 0 amide bonds. The van der Waals surface area contributed by atoms with Gasteiger partial charge in [-0.3, -0.25) is 4.98 Å². The lowest BCUT2D eigenvalue weighted by Gasteiger charge is -2.34. The van der Waals surface area contributed by atoms with Crippen LogP contribution >= 0.6 is 0 Å². The summed E-state index contributed by atoms with van der Waals surface area (Å²) in [6.07, 6.45) is 7.94. The zero-order valence-electron chi connectivity index (χ0n) is 15.2. The van der Waals surface area contributed by atoms with E-state index in [0.29, 0.717) is 11.8 Å². The van der Waals surface area contributed by atoms with Gasteiger partial charge in [-0.1, -0.05) is 12.1 Å². The molecule has 0 unspecified atom stereocenters. The fourth-order valence-corrected chi connectivity index (χ4v) is 3.86. The Morgan fingerprint density at radius 2 is 1.89 bits per heavy atom. The molecule has 1 aliphatic carbocycles. The standard InChI is InChI=1S/C22H21N3O2/c1-26-13-14-8-17(9-14)27-22-5-3-16(11-24-22)15-2-4-18-19-12-23-7-6-20(19)25-21(18)10-15/h2-7,10-12,14,17,25H,8-9,13H2,1H3/t14-,17-. The van der Waals surface area contributed by atoms with Gasteiger partial charge in [0.25, 0.3) is 0 Å². The molecular weight excluding hydrogens is 338 g/mol. The van der Waals surface area contributed by atoms with Gasteiger partial charge in [0.15, 0.2) is 0 Å². The average molecular weight is 359 g/mol. The Morgan fingerprint density at radius 1 is 1.00 bits per heavy atom. The highest BCUT2D eigenvalue weighted by Gasteiger charge is 2.30. The molecular formula is C22H21N3O2. The summed E-state index contributed by atoms with van der Waals surface area (Å²) in [5.74, 6) is 1.31. The van der Waals surface area contributed by atoms with Gasteiger partial charge in [-0.15, -0.1) is 0 Å². The van der Waals surface area contributed by atoms with Gasteiger partial charge in [0.1, 0.15) is 6.10 Å². The van der Waals surface area contributed by atoms with Crippen LogP contribution in [0.15, 0.2) is 55.0 Å². The van der Waals surface area contributed by atoms with Crippen LogP contribution in [0.5, 0.6) is 5.88 Å². The van der Waals surface area contributed by atoms with Crippen molar-refractivity contribution < 1.29 is 9.47 Å². The van der Waals surface area contributed by atoms with Crippen molar-refractivity contribution >= 4 is 21.8 Å². The van der Waals surface area contributed by atoms with Crippen molar-refractivity contribution in [2.24, 2.45) is 5.92 Å². The molecule has 0 spiro atoms. The van der Waals surface area contributed by atoms with E-state index in [1.807, 2.05) is 24.5 Å². The Balaban J connectivity index is 1.34. The molecule has 27 heavy (non-hydrogen) atoms. The number of nitrogens with one attached hydrogen (secondary N) is 1. The van der Waals surface area contributed by atoms with Crippen molar-refractivity contribution in [1.82, 2.24) is 15.0 Å². The molecule has 0 radical (unpaired) electrons. The molecule has 0 atom stereocenters. The number of hydrogen-bond donors (Lipinski definition) is 1. The minimum Gasteiger partial charge on any atom is -0.474 e. The fourth-order valence-electron chi connectivity index (χ4n) is 3.86. The first-order valence-corrected chi connectivity index (χ1v) is 9.27. The van der Waals surface area contributed by atoms with Crippen molar-refractivity contribution in [3.63, 3.8) is 0 Å². The molecule has 3 aromatic heterocycles. The van der Waals surface area contributed by atoms with E-state index in [0.717, 1.165) is 47.0 Å². The Hall–Kier alpha value is -2.92. The van der Waals surface area contributed by atoms with E-state index >= 15 is 0 Å². The van der Waals surface area contributed by atoms with Crippen LogP contribution < -0.4 is 4.74 Å². The third-order valence-electron chi connectivity index (χ3n) is 5.35. The van der Waals surface area contributed by atoms with E-state index < -0.39 is 0 Å². The number of nitrogens with zero attached hydrogens (tertiary/aromatic N) is 2. The van der Waals surface area contributed by atoms with E-state index in [-0.39, 0.29) is 6.10 Å². The summed E-state index contributed by atoms with van der Waals surface area (Å²) in [7, 11) is 1.75. The maximum absolute atomic E-state index is 5.95. The second-order valence-corrected chi connectivity index (χ2v) is 7.22. The minimum absolute atomic E-state index is 0.264. The second-order valence-electron chi connectivity index (χ2n) is 7.22. The molecule has 5 nitrogen and oxygen atoms in total. The summed E-state index contributed by atoms with van der Waals surface area (Å²) in [6, 6.07) is 12.5. The van der Waals surface area contributed by atoms with Gasteiger partial charge in [0, 0.05) is 65.7 Å². The van der Waals surface area contributed by atoms with E-state index in [1.165, 1.54) is 5.39 Å². The number of pyridine rings is 2. The Bertz CT molecular complexity index is 1080. The Labute approximate surface area is 157 Å². The largest absolute Gasteiger partial charge is 0.474 e. The molecule has 1 N–H and O–H groups in total. The zero-order chi connectivity index (χ0) is 18.2. The summed E-state index contributed by atoms with van der Waals surface area (Å²) >= 11 is 0. The van der Waals surface area contributed by atoms with Gasteiger partial charge in [-0.05, 0) is 42.5 Å². The van der Waals surface area contributed by atoms with E-state index in [4.69, 9.17) is 9.47 Å². The van der Waals surface area contributed by atoms with E-state index in [9.17, 15) is 0 Å². The number of rotatable bonds is 5. The predicted molar refractivity (Wildman–Crippen MR) is 106 cm³/mol. The highest BCUT2D eigenvalue weighted by molar-refractivity contribution is 6.07. The summed E-state index contributed by atoms with van der Waals surface area (Å²) in [4.78, 5) is 12.2. The van der Waals surface area contributed by atoms with Crippen molar-refractivity contribution in [1.29, 1.82) is 0 Å². The number of fused-ring (bicyclic) bond motifs is 3. The molecule has 5 rings (SSSR count). The molecule has 5 heteroatoms. The number of hydrogen-bond acceptors (Lipinski definition) is 4. The Morgan fingerprint density at radius 3 is 2.70 bits per heavy atom. The number of H-pyrrole nitrogens is 1. The molecule has 136 valence electrons. The van der Waals surface area contributed by atoms with Crippen LogP contribution in [0.2, 0.25) is 0 Å². The summed E-state index contributed by atoms with van der Waals surface area (Å²) in [5, 5.41) is 2.33. The van der Waals surface area contributed by atoms with Crippen molar-refractivity contribution in [2.45, 2.75) is 18.9 Å². The summed E-state index contributed by atoms with van der Waals surface area (Å²) in [6.45, 7) is 0.818. The quantitative estimate of drug-likeness (QED) is 0.566. The van der Waals surface area contributed by atoms with Crippen molar-refractivity contribution in [3.05, 3.63) is 55.0 Å². The lowest BCUT2D eigenvalue weighted by Crippen LogP contribution is -2.36. The van der Waals surface area contributed by atoms with Gasteiger partial charge >= 0.3 is 0 Å². The molecule has 0 saturated heterocycles. The third kappa shape index (κ3) is 3.04. The fraction of sp³-hybridized carbons (Fsp3) is 0.273. The summed E-state index contributed by atoms with van der Waals surface area (Å²) in [5.41, 5.74) is 4.41. The number of benzene rings is 1. The maximum Gasteiger partial charge on any atom is 0.213 e. The smallest absolute Gasteiger partial charge is 0.213 e. The van der Waals surface area contributed by atoms with Gasteiger partial charge in [-0.2, -0.15) is 0 Å². The minimum atomic E-state index is 0.264. The SMILES string of the molecule is COC[C@H]1C[C@H](Oc2ccc(-c3ccc4c(c3)[nH]c3ccncc34)cn2)C1. The number of aromatic nitrogens is 3. The highest BCUT2D eigenvalue weighted by atomic mass is 16.5. The van der Waals surface area contributed by atoms with Gasteiger partial charge in [0.05, 0.1) is 0 Å². The highest BCUT2D eigenvalue weighted by Crippen LogP contribution is 2.32. The molecule has 1 aliphatic rings. The van der Waals surface area contributed by atoms with Crippen LogP contribution in [-0.2, 0) is 4.74 Å². The first kappa shape index (κ1) is 16.3.